The highest BCUT2D eigenvalue weighted by Gasteiger charge is 2.02. The van der Waals surface area contributed by atoms with E-state index in [1.54, 1.807) is 6.20 Å². The molecule has 2 rings (SSSR count). The van der Waals surface area contributed by atoms with E-state index in [4.69, 9.17) is 5.73 Å². The van der Waals surface area contributed by atoms with Crippen molar-refractivity contribution < 1.29 is 0 Å². The van der Waals surface area contributed by atoms with E-state index in [0.717, 1.165) is 22.8 Å². The van der Waals surface area contributed by atoms with Gasteiger partial charge in [0.1, 0.15) is 0 Å². The lowest BCUT2D eigenvalue weighted by atomic mass is 10.2. The number of rotatable bonds is 4. The van der Waals surface area contributed by atoms with Crippen molar-refractivity contribution in [2.75, 3.05) is 30.0 Å². The lowest BCUT2D eigenvalue weighted by molar-refractivity contribution is 1.04. The van der Waals surface area contributed by atoms with Crippen LogP contribution >= 0.6 is 0 Å². The lowest BCUT2D eigenvalue weighted by Crippen LogP contribution is -2.10. The van der Waals surface area contributed by atoms with Crippen LogP contribution in [0.5, 0.6) is 0 Å². The summed E-state index contributed by atoms with van der Waals surface area (Å²) in [5.74, 6) is 0. The van der Waals surface area contributed by atoms with Gasteiger partial charge < -0.3 is 16.0 Å². The lowest BCUT2D eigenvalue weighted by Gasteiger charge is -2.16. The Hall–Kier alpha value is -2.23. The Balaban J connectivity index is 2.11. The van der Waals surface area contributed by atoms with Gasteiger partial charge in [0.15, 0.2) is 0 Å². The van der Waals surface area contributed by atoms with Crippen molar-refractivity contribution >= 4 is 17.1 Å². The predicted octanol–water partition coefficient (Wildman–Crippen LogP) is 2.34. The minimum Gasteiger partial charge on any atom is -0.397 e. The molecule has 3 N–H and O–H groups in total. The molecule has 0 amide bonds. The van der Waals surface area contributed by atoms with Crippen molar-refractivity contribution in [1.82, 2.24) is 4.98 Å². The molecular formula is C14H18N4. The molecule has 0 unspecified atom stereocenters. The zero-order chi connectivity index (χ0) is 13.0. The summed E-state index contributed by atoms with van der Waals surface area (Å²) >= 11 is 0. The van der Waals surface area contributed by atoms with Gasteiger partial charge in [0.25, 0.3) is 0 Å². The first kappa shape index (κ1) is 12.2. The average Bonchev–Trinajstić information content (AvgIpc) is 2.38. The topological polar surface area (TPSA) is 54.2 Å². The monoisotopic (exact) mass is 242 g/mol. The second-order valence-corrected chi connectivity index (χ2v) is 4.34. The molecule has 0 aliphatic heterocycles. The summed E-state index contributed by atoms with van der Waals surface area (Å²) in [6.07, 6.45) is 1.79. The largest absolute Gasteiger partial charge is 0.397 e. The molecular weight excluding hydrogens is 224 g/mol. The van der Waals surface area contributed by atoms with Gasteiger partial charge >= 0.3 is 0 Å². The Bertz CT molecular complexity index is 508. The van der Waals surface area contributed by atoms with Gasteiger partial charge in [-0.3, -0.25) is 4.98 Å². The van der Waals surface area contributed by atoms with Crippen LogP contribution in [0.1, 0.15) is 5.69 Å². The van der Waals surface area contributed by atoms with Crippen LogP contribution in [0.15, 0.2) is 42.6 Å². The summed E-state index contributed by atoms with van der Waals surface area (Å²) in [6.45, 7) is 0.669. The Morgan fingerprint density at radius 2 is 2.06 bits per heavy atom. The van der Waals surface area contributed by atoms with Gasteiger partial charge in [0.2, 0.25) is 0 Å². The molecule has 0 spiro atoms. The Morgan fingerprint density at radius 3 is 2.72 bits per heavy atom. The molecule has 0 atom stereocenters. The van der Waals surface area contributed by atoms with Gasteiger partial charge in [-0.2, -0.15) is 0 Å². The fraction of sp³-hybridized carbons (Fsp3) is 0.214. The molecule has 0 aliphatic rings. The fourth-order valence-electron chi connectivity index (χ4n) is 1.66. The smallest absolute Gasteiger partial charge is 0.0597 e. The maximum absolute atomic E-state index is 5.95. The molecule has 2 aromatic rings. The number of benzene rings is 1. The van der Waals surface area contributed by atoms with Crippen LogP contribution in [0.4, 0.5) is 17.1 Å². The summed E-state index contributed by atoms with van der Waals surface area (Å²) in [5.41, 5.74) is 9.75. The molecule has 0 aliphatic carbocycles. The SMILES string of the molecule is CN(C)c1ccc(N)c(NCc2ccccn2)c1. The van der Waals surface area contributed by atoms with E-state index >= 15 is 0 Å². The number of nitrogen functional groups attached to an aromatic ring is 1. The first-order valence-electron chi connectivity index (χ1n) is 5.87. The number of aromatic nitrogens is 1. The van der Waals surface area contributed by atoms with Gasteiger partial charge in [0, 0.05) is 26.0 Å². The number of hydrogen-bond acceptors (Lipinski definition) is 4. The second kappa shape index (κ2) is 5.40. The van der Waals surface area contributed by atoms with Crippen LogP contribution in [-0.4, -0.2) is 19.1 Å². The number of nitrogens with zero attached hydrogens (tertiary/aromatic N) is 2. The molecule has 4 nitrogen and oxygen atoms in total. The molecule has 1 heterocycles. The van der Waals surface area contributed by atoms with Crippen molar-refractivity contribution in [1.29, 1.82) is 0 Å². The molecule has 0 saturated heterocycles. The molecule has 0 saturated carbocycles. The maximum Gasteiger partial charge on any atom is 0.0597 e. The van der Waals surface area contributed by atoms with Crippen LogP contribution < -0.4 is 16.0 Å². The number of pyridine rings is 1. The third-order valence-electron chi connectivity index (χ3n) is 2.74. The predicted molar refractivity (Wildman–Crippen MR) is 76.7 cm³/mol. The van der Waals surface area contributed by atoms with Gasteiger partial charge in [-0.1, -0.05) is 6.07 Å². The van der Waals surface area contributed by atoms with Gasteiger partial charge in [0.05, 0.1) is 23.6 Å². The van der Waals surface area contributed by atoms with E-state index in [0.29, 0.717) is 6.54 Å². The molecule has 94 valence electrons. The van der Waals surface area contributed by atoms with Crippen LogP contribution in [-0.2, 0) is 6.54 Å². The number of nitrogens with one attached hydrogen (secondary N) is 1. The van der Waals surface area contributed by atoms with Gasteiger partial charge in [-0.05, 0) is 30.3 Å². The number of hydrogen-bond donors (Lipinski definition) is 2. The van der Waals surface area contributed by atoms with Crippen molar-refractivity contribution in [2.24, 2.45) is 0 Å². The fourth-order valence-corrected chi connectivity index (χ4v) is 1.66. The number of nitrogens with two attached hydrogens (primary N) is 1. The quantitative estimate of drug-likeness (QED) is 0.808. The highest BCUT2D eigenvalue weighted by Crippen LogP contribution is 2.24. The van der Waals surface area contributed by atoms with Crippen LogP contribution in [0.25, 0.3) is 0 Å². The summed E-state index contributed by atoms with van der Waals surface area (Å²) in [6, 6.07) is 11.8. The molecule has 0 bridgehead atoms. The number of anilines is 3. The molecule has 1 aromatic heterocycles. The summed E-state index contributed by atoms with van der Waals surface area (Å²) in [4.78, 5) is 6.31. The molecule has 0 radical (unpaired) electrons. The summed E-state index contributed by atoms with van der Waals surface area (Å²) in [7, 11) is 4.02. The van der Waals surface area contributed by atoms with E-state index in [9.17, 15) is 0 Å². The second-order valence-electron chi connectivity index (χ2n) is 4.34. The Labute approximate surface area is 107 Å². The normalized spacial score (nSPS) is 10.1. The zero-order valence-electron chi connectivity index (χ0n) is 10.7. The highest BCUT2D eigenvalue weighted by atomic mass is 15.1. The van der Waals surface area contributed by atoms with Crippen LogP contribution in [0.3, 0.4) is 0 Å². The van der Waals surface area contributed by atoms with E-state index in [1.165, 1.54) is 0 Å². The molecule has 0 fully saturated rings. The third kappa shape index (κ3) is 2.91. The summed E-state index contributed by atoms with van der Waals surface area (Å²) in [5, 5.41) is 3.31. The van der Waals surface area contributed by atoms with Crippen molar-refractivity contribution in [3.63, 3.8) is 0 Å². The Morgan fingerprint density at radius 1 is 1.22 bits per heavy atom. The molecule has 18 heavy (non-hydrogen) atoms. The molecule has 1 aromatic carbocycles. The van der Waals surface area contributed by atoms with E-state index < -0.39 is 0 Å². The van der Waals surface area contributed by atoms with E-state index in [2.05, 4.69) is 10.3 Å². The van der Waals surface area contributed by atoms with Crippen LogP contribution in [0, 0.1) is 0 Å². The first-order chi connectivity index (χ1) is 8.66. The van der Waals surface area contributed by atoms with Gasteiger partial charge in [-0.15, -0.1) is 0 Å². The third-order valence-corrected chi connectivity index (χ3v) is 2.74. The molecule has 4 heteroatoms. The minimum absolute atomic E-state index is 0.669. The average molecular weight is 242 g/mol. The summed E-state index contributed by atoms with van der Waals surface area (Å²) < 4.78 is 0. The van der Waals surface area contributed by atoms with Crippen LogP contribution in [0.2, 0.25) is 0 Å². The van der Waals surface area contributed by atoms with E-state index in [-0.39, 0.29) is 0 Å². The zero-order valence-corrected chi connectivity index (χ0v) is 10.7. The Kier molecular flexibility index (Phi) is 3.67. The van der Waals surface area contributed by atoms with Crippen molar-refractivity contribution in [3.8, 4) is 0 Å². The first-order valence-corrected chi connectivity index (χ1v) is 5.87. The maximum atomic E-state index is 5.95. The van der Waals surface area contributed by atoms with Crippen molar-refractivity contribution in [2.45, 2.75) is 6.54 Å². The van der Waals surface area contributed by atoms with E-state index in [1.807, 2.05) is 55.4 Å². The minimum atomic E-state index is 0.669. The highest BCUT2D eigenvalue weighted by molar-refractivity contribution is 5.72. The standard InChI is InChI=1S/C14H18N4/c1-18(2)12-6-7-13(15)14(9-12)17-10-11-5-3-4-8-16-11/h3-9,17H,10,15H2,1-2H3. The van der Waals surface area contributed by atoms with Crippen molar-refractivity contribution in [3.05, 3.63) is 48.3 Å². The van der Waals surface area contributed by atoms with Gasteiger partial charge in [-0.25, -0.2) is 0 Å².